The summed E-state index contributed by atoms with van der Waals surface area (Å²) in [5.41, 5.74) is 2.07. The molecule has 0 radical (unpaired) electrons. The highest BCUT2D eigenvalue weighted by Gasteiger charge is 2.39. The SMILES string of the molecule is COc1ccc(NC(=O)CC2SC(=Nc3ccc(F)cc3)N(CCc3ccc(OC)c(OC)c3)C2=O)cc1. The second-order valence-electron chi connectivity index (χ2n) is 8.39. The lowest BCUT2D eigenvalue weighted by Crippen LogP contribution is -2.35. The van der Waals surface area contributed by atoms with Crippen molar-refractivity contribution in [1.29, 1.82) is 0 Å². The number of nitrogens with one attached hydrogen (secondary N) is 1. The Hall–Kier alpha value is -4.05. The molecule has 198 valence electrons. The number of anilines is 1. The molecular weight excluding hydrogens is 509 g/mol. The standard InChI is InChI=1S/C28H28FN3O5S/c1-35-22-11-9-20(10-12-22)30-26(33)17-25-27(34)32(28(38-25)31-21-7-5-19(29)6-8-21)15-14-18-4-13-23(36-2)24(16-18)37-3/h4-13,16,25H,14-15,17H2,1-3H3,(H,30,33). The molecule has 0 bridgehead atoms. The van der Waals surface area contributed by atoms with Gasteiger partial charge < -0.3 is 19.5 Å². The Morgan fingerprint density at radius 1 is 0.974 bits per heavy atom. The zero-order valence-corrected chi connectivity index (χ0v) is 22.1. The van der Waals surface area contributed by atoms with Gasteiger partial charge in [0.15, 0.2) is 16.7 Å². The minimum absolute atomic E-state index is 0.0230. The monoisotopic (exact) mass is 537 g/mol. The first-order valence-electron chi connectivity index (χ1n) is 11.9. The number of amides is 2. The van der Waals surface area contributed by atoms with Crippen molar-refractivity contribution in [3.8, 4) is 17.2 Å². The first-order chi connectivity index (χ1) is 18.4. The second-order valence-corrected chi connectivity index (χ2v) is 9.56. The van der Waals surface area contributed by atoms with E-state index in [4.69, 9.17) is 14.2 Å². The van der Waals surface area contributed by atoms with E-state index in [1.165, 1.54) is 23.9 Å². The number of carbonyl (C=O) groups excluding carboxylic acids is 2. The van der Waals surface area contributed by atoms with Crippen molar-refractivity contribution in [3.05, 3.63) is 78.1 Å². The van der Waals surface area contributed by atoms with Gasteiger partial charge in [0.25, 0.3) is 0 Å². The molecule has 10 heteroatoms. The van der Waals surface area contributed by atoms with Gasteiger partial charge in [-0.2, -0.15) is 0 Å². The van der Waals surface area contributed by atoms with Gasteiger partial charge in [0.2, 0.25) is 11.8 Å². The summed E-state index contributed by atoms with van der Waals surface area (Å²) in [7, 11) is 4.70. The van der Waals surface area contributed by atoms with Crippen molar-refractivity contribution in [3.63, 3.8) is 0 Å². The Morgan fingerprint density at radius 3 is 2.34 bits per heavy atom. The number of rotatable bonds is 10. The normalized spacial score (nSPS) is 16.0. The minimum Gasteiger partial charge on any atom is -0.497 e. The molecule has 1 atom stereocenters. The maximum absolute atomic E-state index is 13.4. The van der Waals surface area contributed by atoms with Crippen LogP contribution in [0.3, 0.4) is 0 Å². The smallest absolute Gasteiger partial charge is 0.242 e. The van der Waals surface area contributed by atoms with E-state index in [-0.39, 0.29) is 24.1 Å². The minimum atomic E-state index is -0.641. The molecule has 0 aromatic heterocycles. The summed E-state index contributed by atoms with van der Waals surface area (Å²) in [6.07, 6.45) is 0.505. The number of hydrogen-bond donors (Lipinski definition) is 1. The van der Waals surface area contributed by atoms with Crippen LogP contribution >= 0.6 is 11.8 Å². The molecule has 8 nitrogen and oxygen atoms in total. The van der Waals surface area contributed by atoms with Crippen molar-refractivity contribution in [2.75, 3.05) is 33.2 Å². The fourth-order valence-electron chi connectivity index (χ4n) is 3.89. The maximum atomic E-state index is 13.4. The lowest BCUT2D eigenvalue weighted by molar-refractivity contribution is -0.128. The van der Waals surface area contributed by atoms with Crippen LogP contribution < -0.4 is 19.5 Å². The van der Waals surface area contributed by atoms with Crippen LogP contribution in [0.15, 0.2) is 71.7 Å². The Bertz CT molecular complexity index is 1320. The number of hydrogen-bond acceptors (Lipinski definition) is 7. The molecule has 1 fully saturated rings. The number of ether oxygens (including phenoxy) is 3. The summed E-state index contributed by atoms with van der Waals surface area (Å²) >= 11 is 1.23. The van der Waals surface area contributed by atoms with Crippen molar-refractivity contribution in [2.45, 2.75) is 18.1 Å². The first-order valence-corrected chi connectivity index (χ1v) is 12.7. The molecule has 3 aromatic rings. The summed E-state index contributed by atoms with van der Waals surface area (Å²) in [5, 5.41) is 2.64. The third-order valence-electron chi connectivity index (χ3n) is 5.89. The molecule has 1 saturated heterocycles. The van der Waals surface area contributed by atoms with Crippen LogP contribution in [-0.4, -0.2) is 55.0 Å². The molecule has 1 N–H and O–H groups in total. The quantitative estimate of drug-likeness (QED) is 0.389. The molecule has 2 amide bonds. The molecule has 0 saturated carbocycles. The predicted molar refractivity (Wildman–Crippen MR) is 146 cm³/mol. The molecule has 3 aromatic carbocycles. The van der Waals surface area contributed by atoms with Crippen LogP contribution in [0.25, 0.3) is 0 Å². The molecule has 1 aliphatic rings. The van der Waals surface area contributed by atoms with E-state index in [2.05, 4.69) is 10.3 Å². The molecule has 1 unspecified atom stereocenters. The first kappa shape index (κ1) is 27.0. The number of amidine groups is 1. The van der Waals surface area contributed by atoms with E-state index >= 15 is 0 Å². The van der Waals surface area contributed by atoms with Crippen LogP contribution in [0.5, 0.6) is 17.2 Å². The lowest BCUT2D eigenvalue weighted by Gasteiger charge is -2.17. The van der Waals surface area contributed by atoms with E-state index in [0.717, 1.165) is 5.56 Å². The highest BCUT2D eigenvalue weighted by atomic mass is 32.2. The third-order valence-corrected chi connectivity index (χ3v) is 7.06. The van der Waals surface area contributed by atoms with Gasteiger partial charge >= 0.3 is 0 Å². The average molecular weight is 538 g/mol. The van der Waals surface area contributed by atoms with E-state index in [0.29, 0.717) is 46.8 Å². The van der Waals surface area contributed by atoms with Crippen LogP contribution in [0.4, 0.5) is 15.8 Å². The molecular formula is C28H28FN3O5S. The second kappa shape index (κ2) is 12.5. The number of carbonyl (C=O) groups is 2. The van der Waals surface area contributed by atoms with Gasteiger partial charge in [-0.3, -0.25) is 14.5 Å². The van der Waals surface area contributed by atoms with Gasteiger partial charge in [-0.15, -0.1) is 0 Å². The molecule has 1 heterocycles. The van der Waals surface area contributed by atoms with Gasteiger partial charge in [0.1, 0.15) is 16.8 Å². The van der Waals surface area contributed by atoms with Crippen LogP contribution in [0.2, 0.25) is 0 Å². The number of benzene rings is 3. The van der Waals surface area contributed by atoms with Crippen LogP contribution in [0.1, 0.15) is 12.0 Å². The highest BCUT2D eigenvalue weighted by molar-refractivity contribution is 8.15. The number of methoxy groups -OCH3 is 3. The van der Waals surface area contributed by atoms with E-state index in [1.807, 2.05) is 18.2 Å². The van der Waals surface area contributed by atoms with Gasteiger partial charge in [-0.05, 0) is 72.6 Å². The zero-order valence-electron chi connectivity index (χ0n) is 21.3. The van der Waals surface area contributed by atoms with Crippen LogP contribution in [0, 0.1) is 5.82 Å². The number of aliphatic imine (C=N–C) groups is 1. The van der Waals surface area contributed by atoms with Crippen molar-refractivity contribution >= 4 is 40.1 Å². The molecule has 0 spiro atoms. The highest BCUT2D eigenvalue weighted by Crippen LogP contribution is 2.33. The number of halogens is 1. The fraction of sp³-hybridized carbons (Fsp3) is 0.250. The van der Waals surface area contributed by atoms with Gasteiger partial charge in [-0.1, -0.05) is 17.8 Å². The van der Waals surface area contributed by atoms with E-state index in [9.17, 15) is 14.0 Å². The molecule has 38 heavy (non-hydrogen) atoms. The topological polar surface area (TPSA) is 89.5 Å². The van der Waals surface area contributed by atoms with Gasteiger partial charge in [0, 0.05) is 18.7 Å². The van der Waals surface area contributed by atoms with E-state index in [1.54, 1.807) is 62.6 Å². The Labute approximate surface area is 224 Å². The summed E-state index contributed by atoms with van der Waals surface area (Å²) < 4.78 is 29.2. The number of nitrogens with zero attached hydrogens (tertiary/aromatic N) is 2. The van der Waals surface area contributed by atoms with Crippen molar-refractivity contribution in [1.82, 2.24) is 4.90 Å². The maximum Gasteiger partial charge on any atom is 0.242 e. The predicted octanol–water partition coefficient (Wildman–Crippen LogP) is 5.05. The van der Waals surface area contributed by atoms with Crippen molar-refractivity contribution < 1.29 is 28.2 Å². The van der Waals surface area contributed by atoms with E-state index < -0.39 is 5.25 Å². The fourth-order valence-corrected chi connectivity index (χ4v) is 5.07. The Kier molecular flexibility index (Phi) is 8.85. The summed E-state index contributed by atoms with van der Waals surface area (Å²) in [6.45, 7) is 0.345. The van der Waals surface area contributed by atoms with Crippen molar-refractivity contribution in [2.24, 2.45) is 4.99 Å². The summed E-state index contributed by atoms with van der Waals surface area (Å²) in [4.78, 5) is 32.3. The lowest BCUT2D eigenvalue weighted by atomic mass is 10.1. The third kappa shape index (κ3) is 6.63. The molecule has 1 aliphatic heterocycles. The largest absolute Gasteiger partial charge is 0.497 e. The Balaban J connectivity index is 1.50. The zero-order chi connectivity index (χ0) is 27.1. The van der Waals surface area contributed by atoms with Crippen LogP contribution in [-0.2, 0) is 16.0 Å². The summed E-state index contributed by atoms with van der Waals surface area (Å²) in [5.74, 6) is 1.02. The van der Waals surface area contributed by atoms with Gasteiger partial charge in [-0.25, -0.2) is 9.38 Å². The molecule has 4 rings (SSSR count). The number of thioether (sulfide) groups is 1. The Morgan fingerprint density at radius 2 is 1.68 bits per heavy atom. The molecule has 0 aliphatic carbocycles. The summed E-state index contributed by atoms with van der Waals surface area (Å²) in [6, 6.07) is 18.3. The van der Waals surface area contributed by atoms with Gasteiger partial charge in [0.05, 0.1) is 27.0 Å². The average Bonchev–Trinajstić information content (AvgIpc) is 3.21.